The lowest BCUT2D eigenvalue weighted by Gasteiger charge is -2.31. The number of anilines is 3. The Labute approximate surface area is 128 Å². The van der Waals surface area contributed by atoms with E-state index in [1.807, 2.05) is 18.2 Å². The monoisotopic (exact) mass is 299 g/mol. The van der Waals surface area contributed by atoms with Crippen molar-refractivity contribution < 1.29 is 9.18 Å². The number of hydrogen-bond donors (Lipinski definition) is 2. The summed E-state index contributed by atoms with van der Waals surface area (Å²) in [6.07, 6.45) is 2.07. The van der Waals surface area contributed by atoms with E-state index in [1.165, 1.54) is 11.6 Å². The number of nitrogens with zero attached hydrogens (tertiary/aromatic N) is 1. The van der Waals surface area contributed by atoms with Crippen molar-refractivity contribution >= 4 is 23.0 Å². The fraction of sp³-hybridized carbons (Fsp3) is 0.235. The van der Waals surface area contributed by atoms with Crippen molar-refractivity contribution in [3.8, 4) is 0 Å². The van der Waals surface area contributed by atoms with Crippen LogP contribution in [0, 0.1) is 5.82 Å². The molecule has 1 aliphatic heterocycles. The number of nitrogens with one attached hydrogen (secondary N) is 1. The Bertz CT molecular complexity index is 702. The van der Waals surface area contributed by atoms with E-state index in [1.54, 1.807) is 6.07 Å². The number of para-hydroxylation sites is 1. The maximum atomic E-state index is 14.2. The number of halogens is 1. The second-order valence-electron chi connectivity index (χ2n) is 5.30. The second kappa shape index (κ2) is 6.15. The van der Waals surface area contributed by atoms with Crippen LogP contribution in [0.5, 0.6) is 0 Å². The molecular weight excluding hydrogens is 281 g/mol. The summed E-state index contributed by atoms with van der Waals surface area (Å²) in [5.41, 5.74) is 8.56. The molecule has 0 radical (unpaired) electrons. The van der Waals surface area contributed by atoms with Crippen molar-refractivity contribution in [2.45, 2.75) is 12.8 Å². The summed E-state index contributed by atoms with van der Waals surface area (Å²) >= 11 is 0. The third-order valence-electron chi connectivity index (χ3n) is 3.83. The Hall–Kier alpha value is -2.40. The average molecular weight is 299 g/mol. The van der Waals surface area contributed by atoms with Gasteiger partial charge in [-0.25, -0.2) is 4.39 Å². The third kappa shape index (κ3) is 2.80. The van der Waals surface area contributed by atoms with E-state index >= 15 is 0 Å². The second-order valence-corrected chi connectivity index (χ2v) is 5.30. The van der Waals surface area contributed by atoms with E-state index in [-0.39, 0.29) is 12.2 Å². The summed E-state index contributed by atoms with van der Waals surface area (Å²) in [4.78, 5) is 13.4. The van der Waals surface area contributed by atoms with Crippen LogP contribution in [0.1, 0.15) is 12.0 Å². The largest absolute Gasteiger partial charge is 0.341 e. The molecule has 4 nitrogen and oxygen atoms in total. The lowest BCUT2D eigenvalue weighted by molar-refractivity contribution is -0.114. The highest BCUT2D eigenvalue weighted by atomic mass is 19.1. The Morgan fingerprint density at radius 3 is 2.86 bits per heavy atom. The number of amides is 1. The van der Waals surface area contributed by atoms with Gasteiger partial charge in [-0.05, 0) is 42.7 Å². The Morgan fingerprint density at radius 1 is 1.27 bits per heavy atom. The average Bonchev–Trinajstić information content (AvgIpc) is 2.56. The molecule has 0 saturated heterocycles. The van der Waals surface area contributed by atoms with Crippen LogP contribution in [0.4, 0.5) is 21.5 Å². The summed E-state index contributed by atoms with van der Waals surface area (Å²) < 4.78 is 14.2. The molecule has 5 heteroatoms. The number of fused-ring (bicyclic) bond motifs is 1. The van der Waals surface area contributed by atoms with Gasteiger partial charge in [0.2, 0.25) is 5.91 Å². The molecule has 0 fully saturated rings. The predicted molar refractivity (Wildman–Crippen MR) is 85.9 cm³/mol. The third-order valence-corrected chi connectivity index (χ3v) is 3.83. The maximum absolute atomic E-state index is 14.2. The number of benzene rings is 2. The van der Waals surface area contributed by atoms with Gasteiger partial charge in [0.25, 0.3) is 0 Å². The van der Waals surface area contributed by atoms with Gasteiger partial charge in [0.05, 0.1) is 12.2 Å². The molecule has 0 aromatic heterocycles. The van der Waals surface area contributed by atoms with Crippen molar-refractivity contribution in [2.75, 3.05) is 23.3 Å². The van der Waals surface area contributed by atoms with Gasteiger partial charge in [0.15, 0.2) is 0 Å². The fourth-order valence-corrected chi connectivity index (χ4v) is 2.78. The van der Waals surface area contributed by atoms with Gasteiger partial charge in [0, 0.05) is 17.9 Å². The van der Waals surface area contributed by atoms with Gasteiger partial charge in [-0.15, -0.1) is 0 Å². The fourth-order valence-electron chi connectivity index (χ4n) is 2.78. The molecule has 0 spiro atoms. The quantitative estimate of drug-likeness (QED) is 0.916. The van der Waals surface area contributed by atoms with Gasteiger partial charge >= 0.3 is 0 Å². The molecule has 1 amide bonds. The molecule has 1 heterocycles. The molecule has 0 saturated carbocycles. The number of hydrogen-bond acceptors (Lipinski definition) is 3. The summed E-state index contributed by atoms with van der Waals surface area (Å²) in [5.74, 6) is -0.864. The minimum absolute atomic E-state index is 0.157. The van der Waals surface area contributed by atoms with Crippen molar-refractivity contribution in [2.24, 2.45) is 5.73 Å². The van der Waals surface area contributed by atoms with Crippen LogP contribution in [0.2, 0.25) is 0 Å². The van der Waals surface area contributed by atoms with Gasteiger partial charge in [0.1, 0.15) is 5.82 Å². The van der Waals surface area contributed by atoms with Gasteiger partial charge < -0.3 is 16.0 Å². The maximum Gasteiger partial charge on any atom is 0.238 e. The van der Waals surface area contributed by atoms with Crippen LogP contribution in [0.25, 0.3) is 0 Å². The van der Waals surface area contributed by atoms with Crippen molar-refractivity contribution in [1.29, 1.82) is 0 Å². The Kier molecular flexibility index (Phi) is 4.06. The van der Waals surface area contributed by atoms with Gasteiger partial charge in [-0.2, -0.15) is 0 Å². The molecule has 22 heavy (non-hydrogen) atoms. The van der Waals surface area contributed by atoms with E-state index in [9.17, 15) is 9.18 Å². The SMILES string of the molecule is NCC(=O)Nc1ccc(N2CCCc3ccccc32)cc1F. The van der Waals surface area contributed by atoms with Gasteiger partial charge in [-0.1, -0.05) is 18.2 Å². The van der Waals surface area contributed by atoms with Crippen LogP contribution in [0.3, 0.4) is 0 Å². The van der Waals surface area contributed by atoms with E-state index in [4.69, 9.17) is 5.73 Å². The highest BCUT2D eigenvalue weighted by molar-refractivity contribution is 5.92. The van der Waals surface area contributed by atoms with E-state index in [0.29, 0.717) is 0 Å². The smallest absolute Gasteiger partial charge is 0.238 e. The van der Waals surface area contributed by atoms with E-state index in [2.05, 4.69) is 22.3 Å². The first-order valence-corrected chi connectivity index (χ1v) is 7.34. The summed E-state index contributed by atoms with van der Waals surface area (Å²) in [5, 5.41) is 2.45. The first kappa shape index (κ1) is 14.5. The molecule has 0 aliphatic carbocycles. The topological polar surface area (TPSA) is 58.4 Å². The van der Waals surface area contributed by atoms with E-state index in [0.717, 1.165) is 30.8 Å². The first-order valence-electron chi connectivity index (χ1n) is 7.34. The Balaban J connectivity index is 1.90. The van der Waals surface area contributed by atoms with Crippen LogP contribution in [-0.2, 0) is 11.2 Å². The molecule has 0 unspecified atom stereocenters. The van der Waals surface area contributed by atoms with Crippen LogP contribution < -0.4 is 16.0 Å². The van der Waals surface area contributed by atoms with Crippen molar-refractivity contribution in [1.82, 2.24) is 0 Å². The zero-order valence-electron chi connectivity index (χ0n) is 12.2. The molecule has 0 atom stereocenters. The van der Waals surface area contributed by atoms with Crippen LogP contribution in [-0.4, -0.2) is 19.0 Å². The standard InChI is InChI=1S/C17H18FN3O/c18-14-10-13(7-8-15(14)20-17(22)11-19)21-9-3-5-12-4-1-2-6-16(12)21/h1-2,4,6-8,10H,3,5,9,11,19H2,(H,20,22). The normalized spacial score (nSPS) is 13.6. The summed E-state index contributed by atoms with van der Waals surface area (Å²) in [6.45, 7) is 0.686. The molecular formula is C17H18FN3O. The minimum atomic E-state index is -0.456. The molecule has 0 bridgehead atoms. The molecule has 3 N–H and O–H groups in total. The highest BCUT2D eigenvalue weighted by Gasteiger charge is 2.18. The number of carbonyl (C=O) groups excluding carboxylic acids is 1. The summed E-state index contributed by atoms with van der Waals surface area (Å²) in [7, 11) is 0. The number of nitrogens with two attached hydrogens (primary N) is 1. The molecule has 2 aromatic carbocycles. The van der Waals surface area contributed by atoms with Crippen molar-refractivity contribution in [3.05, 3.63) is 53.8 Å². The predicted octanol–water partition coefficient (Wildman–Crippen LogP) is 2.81. The minimum Gasteiger partial charge on any atom is -0.341 e. The lowest BCUT2D eigenvalue weighted by Crippen LogP contribution is -2.25. The molecule has 3 rings (SSSR count). The molecule has 2 aromatic rings. The van der Waals surface area contributed by atoms with Crippen LogP contribution >= 0.6 is 0 Å². The number of aryl methyl sites for hydroxylation is 1. The number of carbonyl (C=O) groups is 1. The zero-order chi connectivity index (χ0) is 15.5. The first-order chi connectivity index (χ1) is 10.7. The molecule has 114 valence electrons. The summed E-state index contributed by atoms with van der Waals surface area (Å²) in [6, 6.07) is 13.0. The Morgan fingerprint density at radius 2 is 2.09 bits per heavy atom. The van der Waals surface area contributed by atoms with E-state index < -0.39 is 11.7 Å². The highest BCUT2D eigenvalue weighted by Crippen LogP contribution is 2.34. The zero-order valence-corrected chi connectivity index (χ0v) is 12.2. The number of rotatable bonds is 3. The lowest BCUT2D eigenvalue weighted by atomic mass is 10.0. The van der Waals surface area contributed by atoms with Crippen molar-refractivity contribution in [3.63, 3.8) is 0 Å². The van der Waals surface area contributed by atoms with Crippen LogP contribution in [0.15, 0.2) is 42.5 Å². The van der Waals surface area contributed by atoms with Gasteiger partial charge in [-0.3, -0.25) is 4.79 Å². The molecule has 1 aliphatic rings.